The van der Waals surface area contributed by atoms with E-state index < -0.39 is 0 Å². The summed E-state index contributed by atoms with van der Waals surface area (Å²) in [7, 11) is 1.60. The second-order valence-corrected chi connectivity index (χ2v) is 9.53. The highest BCUT2D eigenvalue weighted by atomic mass is 16.5. The van der Waals surface area contributed by atoms with Crippen LogP contribution in [0.3, 0.4) is 0 Å². The average Bonchev–Trinajstić information content (AvgIpc) is 3.37. The van der Waals surface area contributed by atoms with Gasteiger partial charge in [0.15, 0.2) is 0 Å². The molecule has 4 aromatic rings. The fraction of sp³-hybridized carbons (Fsp3) is 0.258. The lowest BCUT2D eigenvalue weighted by molar-refractivity contribution is -0.121. The fourth-order valence-corrected chi connectivity index (χ4v) is 3.99. The van der Waals surface area contributed by atoms with Crippen LogP contribution in [0.25, 0.3) is 10.9 Å². The number of hydrogen-bond donors (Lipinski definition) is 2. The molecule has 4 rings (SSSR count). The van der Waals surface area contributed by atoms with E-state index in [1.807, 2.05) is 62.5 Å². The largest absolute Gasteiger partial charge is 0.496 e. The van der Waals surface area contributed by atoms with Gasteiger partial charge in [0.2, 0.25) is 5.91 Å². The van der Waals surface area contributed by atoms with Crippen molar-refractivity contribution in [3.8, 4) is 11.5 Å². The number of methoxy groups -OCH3 is 1. The molecule has 0 bridgehead atoms. The minimum atomic E-state index is -0.353. The van der Waals surface area contributed by atoms with Gasteiger partial charge in [-0.05, 0) is 72.0 Å². The summed E-state index contributed by atoms with van der Waals surface area (Å²) in [6.45, 7) is 4.61. The SMILES string of the molecule is COc1ccc(/C=N\NC(=O)CCc2c[nH]c3ccccc23)cc1COc1ccc(C(=O)OCC(C)C)cc1. The van der Waals surface area contributed by atoms with Gasteiger partial charge in [0, 0.05) is 29.1 Å². The van der Waals surface area contributed by atoms with Gasteiger partial charge < -0.3 is 19.2 Å². The zero-order valence-corrected chi connectivity index (χ0v) is 22.4. The minimum absolute atomic E-state index is 0.162. The number of carbonyl (C=O) groups excluding carboxylic acids is 2. The van der Waals surface area contributed by atoms with Gasteiger partial charge in [-0.3, -0.25) is 4.79 Å². The number of nitrogens with one attached hydrogen (secondary N) is 2. The van der Waals surface area contributed by atoms with Crippen molar-refractivity contribution in [1.29, 1.82) is 0 Å². The van der Waals surface area contributed by atoms with Crippen molar-refractivity contribution < 1.29 is 23.8 Å². The maximum absolute atomic E-state index is 12.3. The van der Waals surface area contributed by atoms with Crippen molar-refractivity contribution in [3.63, 3.8) is 0 Å². The first kappa shape index (κ1) is 27.4. The Morgan fingerprint density at radius 1 is 1.03 bits per heavy atom. The number of aryl methyl sites for hydroxylation is 1. The van der Waals surface area contributed by atoms with Crippen LogP contribution in [-0.2, 0) is 22.6 Å². The number of carbonyl (C=O) groups is 2. The number of amides is 1. The van der Waals surface area contributed by atoms with E-state index in [4.69, 9.17) is 14.2 Å². The van der Waals surface area contributed by atoms with Gasteiger partial charge in [-0.2, -0.15) is 5.10 Å². The lowest BCUT2D eigenvalue weighted by Crippen LogP contribution is -2.17. The summed E-state index contributed by atoms with van der Waals surface area (Å²) in [5.74, 6) is 1.04. The second kappa shape index (κ2) is 13.3. The summed E-state index contributed by atoms with van der Waals surface area (Å²) < 4.78 is 16.6. The van der Waals surface area contributed by atoms with E-state index >= 15 is 0 Å². The maximum Gasteiger partial charge on any atom is 0.338 e. The van der Waals surface area contributed by atoms with Crippen molar-refractivity contribution in [2.24, 2.45) is 11.0 Å². The Hall–Kier alpha value is -4.59. The van der Waals surface area contributed by atoms with E-state index in [0.29, 0.717) is 36.5 Å². The summed E-state index contributed by atoms with van der Waals surface area (Å²) >= 11 is 0. The first-order valence-electron chi connectivity index (χ1n) is 12.9. The Bertz CT molecular complexity index is 1440. The third-order valence-electron chi connectivity index (χ3n) is 6.04. The predicted octanol–water partition coefficient (Wildman–Crippen LogP) is 5.65. The van der Waals surface area contributed by atoms with Gasteiger partial charge in [0.1, 0.15) is 18.1 Å². The predicted molar refractivity (Wildman–Crippen MR) is 151 cm³/mol. The van der Waals surface area contributed by atoms with Crippen LogP contribution in [0, 0.1) is 5.92 Å². The van der Waals surface area contributed by atoms with Crippen molar-refractivity contribution in [2.45, 2.75) is 33.3 Å². The van der Waals surface area contributed by atoms with Crippen molar-refractivity contribution in [3.05, 3.63) is 95.2 Å². The quantitative estimate of drug-likeness (QED) is 0.141. The molecule has 0 unspecified atom stereocenters. The third kappa shape index (κ3) is 7.70. The molecule has 0 atom stereocenters. The molecule has 0 aliphatic carbocycles. The zero-order valence-electron chi connectivity index (χ0n) is 22.4. The molecule has 202 valence electrons. The molecule has 8 nitrogen and oxygen atoms in total. The molecule has 0 aliphatic heterocycles. The van der Waals surface area contributed by atoms with Gasteiger partial charge in [0.25, 0.3) is 0 Å². The highest BCUT2D eigenvalue weighted by Gasteiger charge is 2.10. The molecule has 1 aromatic heterocycles. The number of nitrogens with zero attached hydrogens (tertiary/aromatic N) is 1. The lowest BCUT2D eigenvalue weighted by atomic mass is 10.1. The number of esters is 1. The third-order valence-corrected chi connectivity index (χ3v) is 6.04. The molecule has 1 heterocycles. The normalized spacial score (nSPS) is 11.2. The summed E-state index contributed by atoms with van der Waals surface area (Å²) in [6.07, 6.45) is 4.48. The smallest absolute Gasteiger partial charge is 0.338 e. The molecular formula is C31H33N3O5. The molecule has 0 saturated heterocycles. The van der Waals surface area contributed by atoms with E-state index in [0.717, 1.165) is 27.6 Å². The molecule has 0 aliphatic rings. The van der Waals surface area contributed by atoms with Crippen LogP contribution in [0.1, 0.15) is 47.3 Å². The molecule has 0 saturated carbocycles. The highest BCUT2D eigenvalue weighted by Crippen LogP contribution is 2.23. The van der Waals surface area contributed by atoms with Gasteiger partial charge in [-0.25, -0.2) is 10.2 Å². The molecule has 0 spiro atoms. The number of fused-ring (bicyclic) bond motifs is 1. The number of benzene rings is 3. The summed E-state index contributed by atoms with van der Waals surface area (Å²) in [5, 5.41) is 5.24. The Kier molecular flexibility index (Phi) is 9.34. The number of aromatic amines is 1. The van der Waals surface area contributed by atoms with Crippen LogP contribution in [0.15, 0.2) is 78.0 Å². The Balaban J connectivity index is 1.30. The molecule has 0 fully saturated rings. The van der Waals surface area contributed by atoms with Gasteiger partial charge >= 0.3 is 5.97 Å². The molecule has 2 N–H and O–H groups in total. The van der Waals surface area contributed by atoms with Crippen LogP contribution in [-0.4, -0.2) is 36.8 Å². The van der Waals surface area contributed by atoms with E-state index in [-0.39, 0.29) is 24.4 Å². The Morgan fingerprint density at radius 2 is 1.82 bits per heavy atom. The van der Waals surface area contributed by atoms with Crippen molar-refractivity contribution in [1.82, 2.24) is 10.4 Å². The average molecular weight is 528 g/mol. The first-order valence-corrected chi connectivity index (χ1v) is 12.9. The topological polar surface area (TPSA) is 102 Å². The second-order valence-electron chi connectivity index (χ2n) is 9.53. The van der Waals surface area contributed by atoms with Crippen LogP contribution in [0.5, 0.6) is 11.5 Å². The van der Waals surface area contributed by atoms with Crippen molar-refractivity contribution in [2.75, 3.05) is 13.7 Å². The highest BCUT2D eigenvalue weighted by molar-refractivity contribution is 5.89. The van der Waals surface area contributed by atoms with Crippen LogP contribution >= 0.6 is 0 Å². The summed E-state index contributed by atoms with van der Waals surface area (Å²) in [6, 6.07) is 20.4. The van der Waals surface area contributed by atoms with E-state index in [2.05, 4.69) is 15.5 Å². The fourth-order valence-electron chi connectivity index (χ4n) is 3.99. The summed E-state index contributed by atoms with van der Waals surface area (Å²) in [4.78, 5) is 27.7. The van der Waals surface area contributed by atoms with E-state index in [1.165, 1.54) is 0 Å². The standard InChI is InChI=1S/C31H33N3O5/c1-21(2)19-39-31(36)23-9-12-26(13-10-23)38-20-25-16-22(8-14-29(25)37-3)17-33-34-30(35)15-11-24-18-32-28-7-5-4-6-27(24)28/h4-10,12-14,16-18,21,32H,11,15,19-20H2,1-3H3,(H,34,35)/b33-17-. The van der Waals surface area contributed by atoms with Crippen LogP contribution in [0.4, 0.5) is 0 Å². The minimum Gasteiger partial charge on any atom is -0.496 e. The number of para-hydroxylation sites is 1. The van der Waals surface area contributed by atoms with Crippen LogP contribution < -0.4 is 14.9 Å². The Morgan fingerprint density at radius 3 is 2.59 bits per heavy atom. The number of aromatic nitrogens is 1. The van der Waals surface area contributed by atoms with Crippen molar-refractivity contribution >= 4 is 29.0 Å². The summed E-state index contributed by atoms with van der Waals surface area (Å²) in [5.41, 5.74) is 6.83. The van der Waals surface area contributed by atoms with Gasteiger partial charge in [0.05, 0.1) is 25.5 Å². The monoisotopic (exact) mass is 527 g/mol. The Labute approximate surface area is 228 Å². The molecular weight excluding hydrogens is 494 g/mol. The van der Waals surface area contributed by atoms with Gasteiger partial charge in [-0.1, -0.05) is 32.0 Å². The van der Waals surface area contributed by atoms with Crippen LogP contribution in [0.2, 0.25) is 0 Å². The number of ether oxygens (including phenoxy) is 3. The number of rotatable bonds is 12. The van der Waals surface area contributed by atoms with E-state index in [1.54, 1.807) is 37.6 Å². The maximum atomic E-state index is 12.3. The molecule has 39 heavy (non-hydrogen) atoms. The molecule has 3 aromatic carbocycles. The molecule has 1 amide bonds. The zero-order chi connectivity index (χ0) is 27.6. The van der Waals surface area contributed by atoms with E-state index in [9.17, 15) is 9.59 Å². The number of hydrazone groups is 1. The molecule has 8 heteroatoms. The lowest BCUT2D eigenvalue weighted by Gasteiger charge is -2.12. The van der Waals surface area contributed by atoms with Gasteiger partial charge in [-0.15, -0.1) is 0 Å². The number of hydrogen-bond acceptors (Lipinski definition) is 6. The molecule has 0 radical (unpaired) electrons. The first-order chi connectivity index (χ1) is 18.9. The number of H-pyrrole nitrogens is 1.